The highest BCUT2D eigenvalue weighted by molar-refractivity contribution is 6.08. The molecular weight excluding hydrogens is 378 g/mol. The van der Waals surface area contributed by atoms with Gasteiger partial charge in [-0.05, 0) is 44.2 Å². The summed E-state index contributed by atoms with van der Waals surface area (Å²) in [7, 11) is 1.61. The molecule has 0 saturated heterocycles. The summed E-state index contributed by atoms with van der Waals surface area (Å²) in [6.07, 6.45) is 0. The van der Waals surface area contributed by atoms with E-state index in [1.54, 1.807) is 43.5 Å². The number of carbonyl (C=O) groups excluding carboxylic acids is 2. The molecule has 0 unspecified atom stereocenters. The molecular formula is C25H25NO4. The van der Waals surface area contributed by atoms with Crippen LogP contribution >= 0.6 is 0 Å². The highest BCUT2D eigenvalue weighted by Gasteiger charge is 2.15. The van der Waals surface area contributed by atoms with Crippen LogP contribution in [0.15, 0.2) is 72.8 Å². The maximum Gasteiger partial charge on any atom is 0.258 e. The lowest BCUT2D eigenvalue weighted by Crippen LogP contribution is -2.31. The number of amides is 1. The second kappa shape index (κ2) is 9.74. The third-order valence-electron chi connectivity index (χ3n) is 4.75. The fourth-order valence-electron chi connectivity index (χ4n) is 3.16. The van der Waals surface area contributed by atoms with Gasteiger partial charge in [0.1, 0.15) is 11.5 Å². The standard InChI is InChI=1S/C25H25NO4/c1-17-9-14-23(29-3)22(15-17)18(2)26-24(27)16-30-21-12-10-20(11-13-21)25(28)19-7-5-4-6-8-19/h4-15,18H,16H2,1-3H3,(H,26,27)/t18-/m1/s1. The molecule has 0 aliphatic rings. The summed E-state index contributed by atoms with van der Waals surface area (Å²) in [4.78, 5) is 24.8. The second-order valence-corrected chi connectivity index (χ2v) is 7.04. The molecule has 5 heteroatoms. The number of rotatable bonds is 8. The van der Waals surface area contributed by atoms with Crippen molar-refractivity contribution >= 4 is 11.7 Å². The predicted molar refractivity (Wildman–Crippen MR) is 116 cm³/mol. The SMILES string of the molecule is COc1ccc(C)cc1[C@@H](C)NC(=O)COc1ccc(C(=O)c2ccccc2)cc1. The molecule has 3 rings (SSSR count). The van der Waals surface area contributed by atoms with Crippen molar-refractivity contribution in [3.8, 4) is 11.5 Å². The van der Waals surface area contributed by atoms with Crippen LogP contribution in [0.5, 0.6) is 11.5 Å². The van der Waals surface area contributed by atoms with E-state index in [4.69, 9.17) is 9.47 Å². The fourth-order valence-corrected chi connectivity index (χ4v) is 3.16. The van der Waals surface area contributed by atoms with Gasteiger partial charge in [0.25, 0.3) is 5.91 Å². The van der Waals surface area contributed by atoms with Gasteiger partial charge in [0.2, 0.25) is 0 Å². The zero-order chi connectivity index (χ0) is 21.5. The van der Waals surface area contributed by atoms with Crippen LogP contribution < -0.4 is 14.8 Å². The average molecular weight is 403 g/mol. The first kappa shape index (κ1) is 21.1. The van der Waals surface area contributed by atoms with E-state index in [-0.39, 0.29) is 24.3 Å². The topological polar surface area (TPSA) is 64.6 Å². The molecule has 3 aromatic carbocycles. The molecule has 0 spiro atoms. The number of carbonyl (C=O) groups is 2. The van der Waals surface area contributed by atoms with E-state index in [1.165, 1.54) is 0 Å². The molecule has 1 atom stereocenters. The van der Waals surface area contributed by atoms with Gasteiger partial charge >= 0.3 is 0 Å². The zero-order valence-electron chi connectivity index (χ0n) is 17.3. The largest absolute Gasteiger partial charge is 0.496 e. The van der Waals surface area contributed by atoms with Crippen LogP contribution in [0, 0.1) is 6.92 Å². The Kier molecular flexibility index (Phi) is 6.86. The molecule has 1 amide bonds. The quantitative estimate of drug-likeness (QED) is 0.563. The maximum atomic E-state index is 12.4. The number of hydrogen-bond donors (Lipinski definition) is 1. The number of benzene rings is 3. The predicted octanol–water partition coefficient (Wildman–Crippen LogP) is 4.49. The molecule has 0 saturated carbocycles. The summed E-state index contributed by atoms with van der Waals surface area (Å²) in [5.41, 5.74) is 3.20. The van der Waals surface area contributed by atoms with E-state index < -0.39 is 0 Å². The first-order chi connectivity index (χ1) is 14.5. The van der Waals surface area contributed by atoms with Crippen LogP contribution in [0.25, 0.3) is 0 Å². The Balaban J connectivity index is 1.56. The molecule has 0 heterocycles. The fraction of sp³-hybridized carbons (Fsp3) is 0.200. The van der Waals surface area contributed by atoms with E-state index in [9.17, 15) is 9.59 Å². The van der Waals surface area contributed by atoms with Crippen LogP contribution in [0.2, 0.25) is 0 Å². The normalized spacial score (nSPS) is 11.4. The van der Waals surface area contributed by atoms with Crippen molar-refractivity contribution in [1.82, 2.24) is 5.32 Å². The van der Waals surface area contributed by atoms with Gasteiger partial charge in [-0.2, -0.15) is 0 Å². The maximum absolute atomic E-state index is 12.4. The van der Waals surface area contributed by atoms with Gasteiger partial charge < -0.3 is 14.8 Å². The Labute approximate surface area is 176 Å². The van der Waals surface area contributed by atoms with Gasteiger partial charge in [0.15, 0.2) is 12.4 Å². The van der Waals surface area contributed by atoms with Crippen molar-refractivity contribution in [2.45, 2.75) is 19.9 Å². The summed E-state index contributed by atoms with van der Waals surface area (Å²) in [6.45, 7) is 3.77. The molecule has 30 heavy (non-hydrogen) atoms. The van der Waals surface area contributed by atoms with E-state index >= 15 is 0 Å². The Hall–Kier alpha value is -3.60. The first-order valence-electron chi connectivity index (χ1n) is 9.74. The number of aryl methyl sites for hydroxylation is 1. The lowest BCUT2D eigenvalue weighted by Gasteiger charge is -2.18. The molecule has 0 aliphatic carbocycles. The van der Waals surface area contributed by atoms with Crippen LogP contribution in [0.3, 0.4) is 0 Å². The lowest BCUT2D eigenvalue weighted by molar-refractivity contribution is -0.123. The van der Waals surface area contributed by atoms with Crippen molar-refractivity contribution in [2.24, 2.45) is 0 Å². The van der Waals surface area contributed by atoms with E-state index in [1.807, 2.05) is 50.2 Å². The van der Waals surface area contributed by atoms with Crippen molar-refractivity contribution in [3.63, 3.8) is 0 Å². The number of ether oxygens (including phenoxy) is 2. The second-order valence-electron chi connectivity index (χ2n) is 7.04. The highest BCUT2D eigenvalue weighted by atomic mass is 16.5. The minimum atomic E-state index is -0.240. The Morgan fingerprint density at radius 2 is 1.60 bits per heavy atom. The van der Waals surface area contributed by atoms with E-state index in [0.29, 0.717) is 16.9 Å². The van der Waals surface area contributed by atoms with Crippen molar-refractivity contribution in [1.29, 1.82) is 0 Å². The van der Waals surface area contributed by atoms with Crippen LogP contribution in [-0.2, 0) is 4.79 Å². The molecule has 3 aromatic rings. The smallest absolute Gasteiger partial charge is 0.258 e. The first-order valence-corrected chi connectivity index (χ1v) is 9.74. The van der Waals surface area contributed by atoms with Crippen molar-refractivity contribution < 1.29 is 19.1 Å². The molecule has 0 fully saturated rings. The Morgan fingerprint density at radius 1 is 0.933 bits per heavy atom. The lowest BCUT2D eigenvalue weighted by atomic mass is 10.0. The number of hydrogen-bond acceptors (Lipinski definition) is 4. The number of nitrogens with one attached hydrogen (secondary N) is 1. The van der Waals surface area contributed by atoms with Gasteiger partial charge in [-0.3, -0.25) is 9.59 Å². The van der Waals surface area contributed by atoms with Gasteiger partial charge in [0, 0.05) is 16.7 Å². The van der Waals surface area contributed by atoms with Gasteiger partial charge in [-0.25, -0.2) is 0 Å². The Bertz CT molecular complexity index is 1010. The van der Waals surface area contributed by atoms with E-state index in [2.05, 4.69) is 5.32 Å². The minimum Gasteiger partial charge on any atom is -0.496 e. The number of ketones is 1. The van der Waals surface area contributed by atoms with Gasteiger partial charge in [-0.15, -0.1) is 0 Å². The summed E-state index contributed by atoms with van der Waals surface area (Å²) in [6, 6.07) is 21.5. The Morgan fingerprint density at radius 3 is 2.27 bits per heavy atom. The monoisotopic (exact) mass is 403 g/mol. The van der Waals surface area contributed by atoms with Crippen LogP contribution in [0.4, 0.5) is 0 Å². The third-order valence-corrected chi connectivity index (χ3v) is 4.75. The molecule has 0 aromatic heterocycles. The van der Waals surface area contributed by atoms with Crippen molar-refractivity contribution in [3.05, 3.63) is 95.1 Å². The molecule has 0 bridgehead atoms. The average Bonchev–Trinajstić information content (AvgIpc) is 2.78. The minimum absolute atomic E-state index is 0.0548. The van der Waals surface area contributed by atoms with Crippen LogP contribution in [0.1, 0.15) is 40.0 Å². The van der Waals surface area contributed by atoms with E-state index in [0.717, 1.165) is 16.9 Å². The summed E-state index contributed by atoms with van der Waals surface area (Å²) in [5, 5.41) is 2.92. The van der Waals surface area contributed by atoms with Crippen LogP contribution in [-0.4, -0.2) is 25.4 Å². The molecule has 1 N–H and O–H groups in total. The molecule has 0 aliphatic heterocycles. The van der Waals surface area contributed by atoms with Gasteiger partial charge in [-0.1, -0.05) is 48.0 Å². The zero-order valence-corrected chi connectivity index (χ0v) is 17.3. The summed E-state index contributed by atoms with van der Waals surface area (Å²) >= 11 is 0. The summed E-state index contributed by atoms with van der Waals surface area (Å²) < 4.78 is 11.0. The molecule has 5 nitrogen and oxygen atoms in total. The third kappa shape index (κ3) is 5.26. The van der Waals surface area contributed by atoms with Crippen molar-refractivity contribution in [2.75, 3.05) is 13.7 Å². The molecule has 0 radical (unpaired) electrons. The number of methoxy groups -OCH3 is 1. The summed E-state index contributed by atoms with van der Waals surface area (Å²) in [5.74, 6) is 0.958. The molecule has 154 valence electrons. The van der Waals surface area contributed by atoms with Gasteiger partial charge in [0.05, 0.1) is 13.2 Å². The highest BCUT2D eigenvalue weighted by Crippen LogP contribution is 2.26.